The minimum Gasteiger partial charge on any atom is -0.378 e. The van der Waals surface area contributed by atoms with Crippen LogP contribution in [0.4, 0.5) is 0 Å². The van der Waals surface area contributed by atoms with Gasteiger partial charge in [0.2, 0.25) is 0 Å². The molecule has 0 amide bonds. The van der Waals surface area contributed by atoms with Gasteiger partial charge in [-0.25, -0.2) is 0 Å². The summed E-state index contributed by atoms with van der Waals surface area (Å²) in [7, 11) is 0. The molecule has 0 spiro atoms. The van der Waals surface area contributed by atoms with Gasteiger partial charge in [-0.3, -0.25) is 0 Å². The number of hydrogen-bond acceptors (Lipinski definition) is 2. The van der Waals surface area contributed by atoms with Gasteiger partial charge in [0, 0.05) is 23.1 Å². The average Bonchev–Trinajstić information content (AvgIpc) is 2.29. The van der Waals surface area contributed by atoms with Crippen molar-refractivity contribution in [3.8, 4) is 0 Å². The topological polar surface area (TPSA) is 12.5 Å². The number of hydrogen-bond donors (Lipinski definition) is 0. The third kappa shape index (κ3) is 3.14. The molecule has 0 unspecified atom stereocenters. The molecule has 2 nitrogen and oxygen atoms in total. The minimum atomic E-state index is 0.661. The van der Waals surface area contributed by atoms with Crippen molar-refractivity contribution in [2.45, 2.75) is 0 Å². The van der Waals surface area contributed by atoms with E-state index < -0.39 is 0 Å². The maximum atomic E-state index is 6.07. The predicted molar refractivity (Wildman–Crippen MR) is 67.9 cm³/mol. The molecule has 1 fully saturated rings. The first kappa shape index (κ1) is 11.8. The molecule has 0 atom stereocenters. The lowest BCUT2D eigenvalue weighted by Gasteiger charge is -2.25. The van der Waals surface area contributed by atoms with Crippen LogP contribution in [-0.2, 0) is 4.74 Å². The van der Waals surface area contributed by atoms with Gasteiger partial charge in [-0.2, -0.15) is 0 Å². The number of halogens is 2. The average molecular weight is 258 g/mol. The Morgan fingerprint density at radius 2 is 1.94 bits per heavy atom. The van der Waals surface area contributed by atoms with Gasteiger partial charge in [-0.15, -0.1) is 0 Å². The summed E-state index contributed by atoms with van der Waals surface area (Å²) in [5.41, 5.74) is 0.984. The molecule has 1 aliphatic rings. The fourth-order valence-electron chi connectivity index (χ4n) is 1.55. The summed E-state index contributed by atoms with van der Waals surface area (Å²) >= 11 is 11.9. The van der Waals surface area contributed by atoms with Gasteiger partial charge >= 0.3 is 0 Å². The molecule has 0 saturated carbocycles. The maximum Gasteiger partial charge on any atom is 0.0642 e. The summed E-state index contributed by atoms with van der Waals surface area (Å²) in [4.78, 5) is 2.22. The van der Waals surface area contributed by atoms with Crippen LogP contribution in [0.5, 0.6) is 0 Å². The highest BCUT2D eigenvalue weighted by molar-refractivity contribution is 6.35. The molecule has 2 rings (SSSR count). The van der Waals surface area contributed by atoms with E-state index in [-0.39, 0.29) is 0 Å². The van der Waals surface area contributed by atoms with Gasteiger partial charge < -0.3 is 9.64 Å². The molecule has 0 radical (unpaired) electrons. The van der Waals surface area contributed by atoms with Crippen molar-refractivity contribution in [1.82, 2.24) is 4.90 Å². The molecule has 1 aromatic carbocycles. The first-order valence-corrected chi connectivity index (χ1v) is 5.96. The van der Waals surface area contributed by atoms with Crippen molar-refractivity contribution in [3.63, 3.8) is 0 Å². The lowest BCUT2D eigenvalue weighted by molar-refractivity contribution is 0.0597. The highest BCUT2D eigenvalue weighted by atomic mass is 35.5. The van der Waals surface area contributed by atoms with Crippen LogP contribution < -0.4 is 0 Å². The van der Waals surface area contributed by atoms with Crippen LogP contribution in [-0.4, -0.2) is 31.2 Å². The highest BCUT2D eigenvalue weighted by Crippen LogP contribution is 2.22. The van der Waals surface area contributed by atoms with Gasteiger partial charge in [0.15, 0.2) is 0 Å². The summed E-state index contributed by atoms with van der Waals surface area (Å²) in [5.74, 6) is 0. The van der Waals surface area contributed by atoms with Crippen LogP contribution in [0.2, 0.25) is 10.0 Å². The SMILES string of the molecule is Clc1ccc(/C=C/N2CCOCC2)c(Cl)c1. The first-order chi connectivity index (χ1) is 7.75. The summed E-state index contributed by atoms with van der Waals surface area (Å²) in [6.07, 6.45) is 4.06. The zero-order valence-corrected chi connectivity index (χ0v) is 10.3. The van der Waals surface area contributed by atoms with Crippen LogP contribution in [0.15, 0.2) is 24.4 Å². The Balaban J connectivity index is 2.04. The lowest BCUT2D eigenvalue weighted by Crippen LogP contribution is -2.31. The molecular weight excluding hydrogens is 245 g/mol. The number of benzene rings is 1. The van der Waals surface area contributed by atoms with Gasteiger partial charge in [0.1, 0.15) is 0 Å². The zero-order valence-electron chi connectivity index (χ0n) is 8.83. The molecule has 16 heavy (non-hydrogen) atoms. The smallest absolute Gasteiger partial charge is 0.0642 e. The van der Waals surface area contributed by atoms with Crippen molar-refractivity contribution in [3.05, 3.63) is 40.0 Å². The van der Waals surface area contributed by atoms with Crippen LogP contribution in [0, 0.1) is 0 Å². The molecule has 1 aliphatic heterocycles. The summed E-state index contributed by atoms with van der Waals surface area (Å²) in [6, 6.07) is 5.51. The van der Waals surface area contributed by atoms with Gasteiger partial charge in [0.25, 0.3) is 0 Å². The largest absolute Gasteiger partial charge is 0.378 e. The molecule has 4 heteroatoms. The van der Waals surface area contributed by atoms with E-state index in [2.05, 4.69) is 11.1 Å². The van der Waals surface area contributed by atoms with Crippen molar-refractivity contribution in [1.29, 1.82) is 0 Å². The normalized spacial score (nSPS) is 17.0. The monoisotopic (exact) mass is 257 g/mol. The standard InChI is InChI=1S/C12H13Cl2NO/c13-11-2-1-10(12(14)9-11)3-4-15-5-7-16-8-6-15/h1-4,9H,5-8H2/b4-3+. The molecule has 0 aliphatic carbocycles. The van der Waals surface area contributed by atoms with Crippen LogP contribution in [0.1, 0.15) is 5.56 Å². The molecule has 0 aromatic heterocycles. The van der Waals surface area contributed by atoms with Crippen molar-refractivity contribution >= 4 is 29.3 Å². The van der Waals surface area contributed by atoms with Gasteiger partial charge in [0.05, 0.1) is 13.2 Å². The van der Waals surface area contributed by atoms with Gasteiger partial charge in [-0.05, 0) is 30.0 Å². The Morgan fingerprint density at radius 3 is 2.62 bits per heavy atom. The quantitative estimate of drug-likeness (QED) is 0.807. The van der Waals surface area contributed by atoms with E-state index in [9.17, 15) is 0 Å². The second kappa shape index (κ2) is 5.58. The van der Waals surface area contributed by atoms with Crippen molar-refractivity contribution < 1.29 is 4.74 Å². The third-order valence-corrected chi connectivity index (χ3v) is 3.04. The van der Waals surface area contributed by atoms with E-state index >= 15 is 0 Å². The summed E-state index contributed by atoms with van der Waals surface area (Å²) < 4.78 is 5.27. The van der Waals surface area contributed by atoms with E-state index in [0.29, 0.717) is 10.0 Å². The van der Waals surface area contributed by atoms with Crippen LogP contribution >= 0.6 is 23.2 Å². The Labute approximate surface area is 105 Å². The first-order valence-electron chi connectivity index (χ1n) is 5.21. The summed E-state index contributed by atoms with van der Waals surface area (Å²) in [6.45, 7) is 3.45. The number of ether oxygens (including phenoxy) is 1. The Morgan fingerprint density at radius 1 is 1.19 bits per heavy atom. The third-order valence-electron chi connectivity index (χ3n) is 2.47. The van der Waals surface area contributed by atoms with Gasteiger partial charge in [-0.1, -0.05) is 29.3 Å². The van der Waals surface area contributed by atoms with E-state index in [1.54, 1.807) is 6.07 Å². The zero-order chi connectivity index (χ0) is 11.4. The lowest BCUT2D eigenvalue weighted by atomic mass is 10.2. The molecule has 86 valence electrons. The second-order valence-electron chi connectivity index (χ2n) is 3.63. The Bertz CT molecular complexity index is 387. The molecule has 0 bridgehead atoms. The molecule has 0 N–H and O–H groups in total. The van der Waals surface area contributed by atoms with Crippen LogP contribution in [0.25, 0.3) is 6.08 Å². The number of nitrogens with zero attached hydrogens (tertiary/aromatic N) is 1. The molecule has 1 saturated heterocycles. The van der Waals surface area contributed by atoms with Crippen molar-refractivity contribution in [2.24, 2.45) is 0 Å². The summed E-state index contributed by atoms with van der Waals surface area (Å²) in [5, 5.41) is 1.34. The van der Waals surface area contributed by atoms with E-state index in [1.165, 1.54) is 0 Å². The number of rotatable bonds is 2. The Hall–Kier alpha value is -0.700. The highest BCUT2D eigenvalue weighted by Gasteiger charge is 2.05. The van der Waals surface area contributed by atoms with E-state index in [0.717, 1.165) is 31.9 Å². The molecular formula is C12H13Cl2NO. The second-order valence-corrected chi connectivity index (χ2v) is 4.47. The molecule has 1 aromatic rings. The Kier molecular flexibility index (Phi) is 4.10. The van der Waals surface area contributed by atoms with Crippen molar-refractivity contribution in [2.75, 3.05) is 26.3 Å². The fraction of sp³-hybridized carbons (Fsp3) is 0.333. The molecule has 1 heterocycles. The predicted octanol–water partition coefficient (Wildman–Crippen LogP) is 3.30. The number of morpholine rings is 1. The maximum absolute atomic E-state index is 6.07. The van der Waals surface area contributed by atoms with E-state index in [4.69, 9.17) is 27.9 Å². The van der Waals surface area contributed by atoms with Crippen LogP contribution in [0.3, 0.4) is 0 Å². The minimum absolute atomic E-state index is 0.661. The fourth-order valence-corrected chi connectivity index (χ4v) is 2.02. The van der Waals surface area contributed by atoms with E-state index in [1.807, 2.05) is 18.2 Å².